The highest BCUT2D eigenvalue weighted by molar-refractivity contribution is 5.91. The predicted molar refractivity (Wildman–Crippen MR) is 87.4 cm³/mol. The Morgan fingerprint density at radius 3 is 2.57 bits per heavy atom. The SMILES string of the molecule is CNc1nc(Nc2ccc(C)cc2C)nc2[nH]cc(C)c12. The third-order valence-electron chi connectivity index (χ3n) is 3.59. The molecule has 0 fully saturated rings. The lowest BCUT2D eigenvalue weighted by Crippen LogP contribution is -2.03. The number of anilines is 3. The van der Waals surface area contributed by atoms with Gasteiger partial charge in [0, 0.05) is 18.9 Å². The number of benzene rings is 1. The highest BCUT2D eigenvalue weighted by Crippen LogP contribution is 2.26. The average molecular weight is 281 g/mol. The Morgan fingerprint density at radius 2 is 1.86 bits per heavy atom. The van der Waals surface area contributed by atoms with Gasteiger partial charge in [0.15, 0.2) is 0 Å². The molecule has 0 saturated heterocycles. The summed E-state index contributed by atoms with van der Waals surface area (Å²) in [6, 6.07) is 6.27. The first-order valence-corrected chi connectivity index (χ1v) is 6.96. The molecule has 0 aliphatic carbocycles. The van der Waals surface area contributed by atoms with Crippen molar-refractivity contribution in [2.24, 2.45) is 0 Å². The van der Waals surface area contributed by atoms with Crippen LogP contribution in [0.3, 0.4) is 0 Å². The Hall–Kier alpha value is -2.56. The molecule has 2 heterocycles. The van der Waals surface area contributed by atoms with Gasteiger partial charge in [-0.05, 0) is 38.0 Å². The molecule has 5 nitrogen and oxygen atoms in total. The van der Waals surface area contributed by atoms with Crippen molar-refractivity contribution < 1.29 is 0 Å². The van der Waals surface area contributed by atoms with Gasteiger partial charge in [-0.15, -0.1) is 0 Å². The first-order valence-electron chi connectivity index (χ1n) is 6.96. The predicted octanol–water partition coefficient (Wildman–Crippen LogP) is 3.67. The van der Waals surface area contributed by atoms with Crippen molar-refractivity contribution in [3.63, 3.8) is 0 Å². The van der Waals surface area contributed by atoms with E-state index >= 15 is 0 Å². The second-order valence-electron chi connectivity index (χ2n) is 5.28. The largest absolute Gasteiger partial charge is 0.372 e. The van der Waals surface area contributed by atoms with Crippen LogP contribution in [0.1, 0.15) is 16.7 Å². The van der Waals surface area contributed by atoms with Gasteiger partial charge in [0.05, 0.1) is 5.39 Å². The van der Waals surface area contributed by atoms with E-state index in [9.17, 15) is 0 Å². The van der Waals surface area contributed by atoms with E-state index in [2.05, 4.69) is 57.6 Å². The second kappa shape index (κ2) is 5.09. The topological polar surface area (TPSA) is 65.6 Å². The van der Waals surface area contributed by atoms with Crippen LogP contribution >= 0.6 is 0 Å². The summed E-state index contributed by atoms with van der Waals surface area (Å²) >= 11 is 0. The second-order valence-corrected chi connectivity index (χ2v) is 5.28. The zero-order chi connectivity index (χ0) is 15.0. The third kappa shape index (κ3) is 2.42. The van der Waals surface area contributed by atoms with E-state index in [1.54, 1.807) is 0 Å². The molecular formula is C16H19N5. The Balaban J connectivity index is 2.04. The molecule has 1 aromatic carbocycles. The van der Waals surface area contributed by atoms with Crippen LogP contribution in [-0.2, 0) is 0 Å². The molecule has 0 aliphatic rings. The van der Waals surface area contributed by atoms with E-state index in [-0.39, 0.29) is 0 Å². The summed E-state index contributed by atoms with van der Waals surface area (Å²) < 4.78 is 0. The lowest BCUT2D eigenvalue weighted by atomic mass is 10.1. The minimum absolute atomic E-state index is 0.584. The normalized spacial score (nSPS) is 10.9. The minimum atomic E-state index is 0.584. The van der Waals surface area contributed by atoms with Crippen LogP contribution in [0, 0.1) is 20.8 Å². The molecule has 3 aromatic rings. The van der Waals surface area contributed by atoms with Crippen LogP contribution in [0.5, 0.6) is 0 Å². The van der Waals surface area contributed by atoms with Gasteiger partial charge in [0.2, 0.25) is 5.95 Å². The van der Waals surface area contributed by atoms with Gasteiger partial charge in [-0.2, -0.15) is 9.97 Å². The molecule has 0 amide bonds. The monoisotopic (exact) mass is 281 g/mol. The molecule has 2 aromatic heterocycles. The first kappa shape index (κ1) is 13.4. The molecule has 0 saturated carbocycles. The van der Waals surface area contributed by atoms with Crippen molar-refractivity contribution in [1.29, 1.82) is 0 Å². The fourth-order valence-electron chi connectivity index (χ4n) is 2.50. The van der Waals surface area contributed by atoms with Gasteiger partial charge >= 0.3 is 0 Å². The average Bonchev–Trinajstić information content (AvgIpc) is 2.83. The maximum atomic E-state index is 4.56. The zero-order valence-corrected chi connectivity index (χ0v) is 12.7. The van der Waals surface area contributed by atoms with Crippen molar-refractivity contribution in [1.82, 2.24) is 15.0 Å². The summed E-state index contributed by atoms with van der Waals surface area (Å²) in [6.45, 7) is 6.20. The maximum absolute atomic E-state index is 4.56. The first-order chi connectivity index (χ1) is 10.1. The number of fused-ring (bicyclic) bond motifs is 1. The number of rotatable bonds is 3. The molecule has 3 rings (SSSR count). The third-order valence-corrected chi connectivity index (χ3v) is 3.59. The van der Waals surface area contributed by atoms with Crippen LogP contribution in [0.2, 0.25) is 0 Å². The standard InChI is InChI=1S/C16H19N5/c1-9-5-6-12(10(2)7-9)19-16-20-14(17-4)13-11(3)8-18-15(13)21-16/h5-8H,1-4H3,(H3,17,18,19,20,21). The van der Waals surface area contributed by atoms with Gasteiger partial charge in [-0.25, -0.2) is 0 Å². The fraction of sp³-hybridized carbons (Fsp3) is 0.250. The molecule has 0 radical (unpaired) electrons. The highest BCUT2D eigenvalue weighted by atomic mass is 15.2. The van der Waals surface area contributed by atoms with Crippen LogP contribution in [0.4, 0.5) is 17.5 Å². The number of aromatic nitrogens is 3. The molecule has 3 N–H and O–H groups in total. The Bertz CT molecular complexity index is 804. The number of hydrogen-bond acceptors (Lipinski definition) is 4. The number of nitrogens with one attached hydrogen (secondary N) is 3. The summed E-state index contributed by atoms with van der Waals surface area (Å²) in [7, 11) is 1.87. The van der Waals surface area contributed by atoms with E-state index in [1.807, 2.05) is 20.2 Å². The van der Waals surface area contributed by atoms with Crippen molar-refractivity contribution >= 4 is 28.5 Å². The zero-order valence-electron chi connectivity index (χ0n) is 12.7. The van der Waals surface area contributed by atoms with Crippen LogP contribution in [-0.4, -0.2) is 22.0 Å². The summed E-state index contributed by atoms with van der Waals surface area (Å²) in [6.07, 6.45) is 1.95. The van der Waals surface area contributed by atoms with Crippen LogP contribution in [0.25, 0.3) is 11.0 Å². The highest BCUT2D eigenvalue weighted by Gasteiger charge is 2.11. The molecule has 108 valence electrons. The summed E-state index contributed by atoms with van der Waals surface area (Å²) in [5.74, 6) is 1.41. The van der Waals surface area contributed by atoms with Gasteiger partial charge in [0.1, 0.15) is 11.5 Å². The number of nitrogens with zero attached hydrogens (tertiary/aromatic N) is 2. The van der Waals surface area contributed by atoms with E-state index in [4.69, 9.17) is 0 Å². The molecule has 21 heavy (non-hydrogen) atoms. The Labute approximate surface area is 123 Å². The van der Waals surface area contributed by atoms with E-state index in [0.29, 0.717) is 5.95 Å². The molecule has 0 atom stereocenters. The van der Waals surface area contributed by atoms with Gasteiger partial charge in [-0.3, -0.25) is 0 Å². The molecule has 0 bridgehead atoms. The lowest BCUT2D eigenvalue weighted by molar-refractivity contribution is 1.18. The van der Waals surface area contributed by atoms with E-state index in [1.165, 1.54) is 11.1 Å². The molecule has 5 heteroatoms. The summed E-state index contributed by atoms with van der Waals surface area (Å²) in [4.78, 5) is 12.3. The van der Waals surface area contributed by atoms with Crippen molar-refractivity contribution in [3.05, 3.63) is 41.1 Å². The lowest BCUT2D eigenvalue weighted by Gasteiger charge is -2.11. The Kier molecular flexibility index (Phi) is 3.25. The van der Waals surface area contributed by atoms with Gasteiger partial charge in [-0.1, -0.05) is 17.7 Å². The molecule has 0 aliphatic heterocycles. The van der Waals surface area contributed by atoms with Gasteiger partial charge < -0.3 is 15.6 Å². The summed E-state index contributed by atoms with van der Waals surface area (Å²) in [5.41, 5.74) is 5.40. The number of aromatic amines is 1. The van der Waals surface area contributed by atoms with Crippen molar-refractivity contribution in [2.75, 3.05) is 17.7 Å². The summed E-state index contributed by atoms with van der Waals surface area (Å²) in [5, 5.41) is 7.46. The fourth-order valence-corrected chi connectivity index (χ4v) is 2.50. The minimum Gasteiger partial charge on any atom is -0.372 e. The number of aryl methyl sites for hydroxylation is 3. The van der Waals surface area contributed by atoms with E-state index in [0.717, 1.165) is 28.1 Å². The molecule has 0 unspecified atom stereocenters. The van der Waals surface area contributed by atoms with Crippen LogP contribution < -0.4 is 10.6 Å². The molecule has 0 spiro atoms. The Morgan fingerprint density at radius 1 is 1.05 bits per heavy atom. The smallest absolute Gasteiger partial charge is 0.231 e. The van der Waals surface area contributed by atoms with Crippen molar-refractivity contribution in [3.8, 4) is 0 Å². The quantitative estimate of drug-likeness (QED) is 0.685. The van der Waals surface area contributed by atoms with E-state index < -0.39 is 0 Å². The maximum Gasteiger partial charge on any atom is 0.231 e. The van der Waals surface area contributed by atoms with Crippen molar-refractivity contribution in [2.45, 2.75) is 20.8 Å². The molecular weight excluding hydrogens is 262 g/mol. The van der Waals surface area contributed by atoms with Crippen LogP contribution in [0.15, 0.2) is 24.4 Å². The number of hydrogen-bond donors (Lipinski definition) is 3. The van der Waals surface area contributed by atoms with Gasteiger partial charge in [0.25, 0.3) is 0 Å². The number of H-pyrrole nitrogens is 1.